The summed E-state index contributed by atoms with van der Waals surface area (Å²) in [7, 11) is 3.27. The number of pyridine rings is 1. The van der Waals surface area contributed by atoms with Crippen LogP contribution in [-0.2, 0) is 5.41 Å². The van der Waals surface area contributed by atoms with Crippen LogP contribution in [0.3, 0.4) is 0 Å². The van der Waals surface area contributed by atoms with Crippen molar-refractivity contribution in [3.8, 4) is 23.0 Å². The van der Waals surface area contributed by atoms with Gasteiger partial charge in [-0.25, -0.2) is 4.98 Å². The first-order valence-electron chi connectivity index (χ1n) is 8.66. The molecule has 7 nitrogen and oxygen atoms in total. The van der Waals surface area contributed by atoms with Crippen LogP contribution in [0.5, 0.6) is 11.5 Å². The molecule has 3 rings (SSSR count). The zero-order chi connectivity index (χ0) is 19.4. The Labute approximate surface area is 158 Å². The van der Waals surface area contributed by atoms with Crippen molar-refractivity contribution in [2.24, 2.45) is 0 Å². The second-order valence-corrected chi connectivity index (χ2v) is 6.85. The van der Waals surface area contributed by atoms with Crippen molar-refractivity contribution in [1.29, 1.82) is 0 Å². The third-order valence-electron chi connectivity index (χ3n) is 4.43. The minimum absolute atomic E-state index is 0.181. The fourth-order valence-electron chi connectivity index (χ4n) is 2.79. The van der Waals surface area contributed by atoms with Gasteiger partial charge in [-0.2, -0.15) is 4.98 Å². The third-order valence-corrected chi connectivity index (χ3v) is 4.43. The Hall–Kier alpha value is -3.09. The van der Waals surface area contributed by atoms with Gasteiger partial charge in [0, 0.05) is 18.2 Å². The quantitative estimate of drug-likeness (QED) is 0.678. The fraction of sp³-hybridized carbons (Fsp3) is 0.350. The minimum atomic E-state index is -0.181. The molecule has 1 aromatic carbocycles. The van der Waals surface area contributed by atoms with Crippen LogP contribution in [-0.4, -0.2) is 35.9 Å². The molecule has 0 saturated heterocycles. The van der Waals surface area contributed by atoms with Gasteiger partial charge in [-0.3, -0.25) is 0 Å². The van der Waals surface area contributed by atoms with Gasteiger partial charge in [0.1, 0.15) is 5.82 Å². The molecule has 0 aliphatic carbocycles. The number of benzene rings is 1. The average Bonchev–Trinajstić information content (AvgIpc) is 3.12. The fourth-order valence-corrected chi connectivity index (χ4v) is 2.79. The second-order valence-electron chi connectivity index (χ2n) is 6.85. The molecule has 0 radical (unpaired) electrons. The Bertz CT molecular complexity index is 921. The molecule has 0 saturated carbocycles. The first-order valence-corrected chi connectivity index (χ1v) is 8.66. The Morgan fingerprint density at radius 3 is 2.56 bits per heavy atom. The van der Waals surface area contributed by atoms with E-state index in [0.717, 1.165) is 11.1 Å². The summed E-state index contributed by atoms with van der Waals surface area (Å²) in [6.07, 6.45) is 1.73. The Balaban J connectivity index is 1.82. The molecule has 1 N–H and O–H groups in total. The highest BCUT2D eigenvalue weighted by atomic mass is 16.5. The summed E-state index contributed by atoms with van der Waals surface area (Å²) >= 11 is 0. The summed E-state index contributed by atoms with van der Waals surface area (Å²) in [6.45, 7) is 6.75. The van der Waals surface area contributed by atoms with E-state index in [9.17, 15) is 0 Å². The van der Waals surface area contributed by atoms with E-state index in [0.29, 0.717) is 35.6 Å². The SMILES string of the molecule is COc1ccc(C(C)(C)CNc2ncccc2-c2nc(C)no2)cc1OC. The molecule has 27 heavy (non-hydrogen) atoms. The van der Waals surface area contributed by atoms with Crippen molar-refractivity contribution < 1.29 is 14.0 Å². The number of nitrogens with one attached hydrogen (secondary N) is 1. The predicted octanol–water partition coefficient (Wildman–Crippen LogP) is 3.85. The monoisotopic (exact) mass is 368 g/mol. The van der Waals surface area contributed by atoms with Crippen molar-refractivity contribution in [1.82, 2.24) is 15.1 Å². The first kappa shape index (κ1) is 18.7. The number of methoxy groups -OCH3 is 2. The zero-order valence-corrected chi connectivity index (χ0v) is 16.2. The largest absolute Gasteiger partial charge is 0.493 e. The number of hydrogen-bond donors (Lipinski definition) is 1. The topological polar surface area (TPSA) is 82.3 Å². The number of aromatic nitrogens is 3. The van der Waals surface area contributed by atoms with Crippen LogP contribution in [0.4, 0.5) is 5.82 Å². The van der Waals surface area contributed by atoms with Gasteiger partial charge in [0.05, 0.1) is 19.8 Å². The van der Waals surface area contributed by atoms with Gasteiger partial charge in [-0.1, -0.05) is 25.1 Å². The molecule has 0 bridgehead atoms. The Morgan fingerprint density at radius 1 is 1.11 bits per heavy atom. The van der Waals surface area contributed by atoms with Crippen LogP contribution in [0.1, 0.15) is 25.2 Å². The number of aryl methyl sites for hydroxylation is 1. The maximum absolute atomic E-state index is 5.43. The van der Waals surface area contributed by atoms with Crippen LogP contribution in [0.25, 0.3) is 11.5 Å². The predicted molar refractivity (Wildman–Crippen MR) is 103 cm³/mol. The van der Waals surface area contributed by atoms with Crippen LogP contribution >= 0.6 is 0 Å². The molecule has 2 aromatic heterocycles. The molecule has 3 aromatic rings. The lowest BCUT2D eigenvalue weighted by atomic mass is 9.84. The highest BCUT2D eigenvalue weighted by Crippen LogP contribution is 2.34. The second kappa shape index (κ2) is 7.65. The van der Waals surface area contributed by atoms with Crippen molar-refractivity contribution in [3.63, 3.8) is 0 Å². The van der Waals surface area contributed by atoms with Gasteiger partial charge < -0.3 is 19.3 Å². The molecular weight excluding hydrogens is 344 g/mol. The highest BCUT2D eigenvalue weighted by molar-refractivity contribution is 5.68. The molecule has 0 spiro atoms. The van der Waals surface area contributed by atoms with Gasteiger partial charge >= 0.3 is 0 Å². The summed E-state index contributed by atoms with van der Waals surface area (Å²) in [5.41, 5.74) is 1.72. The van der Waals surface area contributed by atoms with Crippen molar-refractivity contribution in [2.75, 3.05) is 26.1 Å². The number of ether oxygens (including phenoxy) is 2. The number of anilines is 1. The summed E-state index contributed by atoms with van der Waals surface area (Å²) in [5, 5.41) is 7.27. The van der Waals surface area contributed by atoms with Crippen LogP contribution in [0, 0.1) is 6.92 Å². The van der Waals surface area contributed by atoms with Gasteiger partial charge in [0.15, 0.2) is 17.3 Å². The van der Waals surface area contributed by atoms with E-state index in [4.69, 9.17) is 14.0 Å². The van der Waals surface area contributed by atoms with E-state index >= 15 is 0 Å². The smallest absolute Gasteiger partial charge is 0.261 e. The molecule has 0 atom stereocenters. The Kier molecular flexibility index (Phi) is 5.30. The third kappa shape index (κ3) is 4.02. The first-order chi connectivity index (χ1) is 12.9. The molecule has 0 amide bonds. The van der Waals surface area contributed by atoms with Gasteiger partial charge in [-0.05, 0) is 36.8 Å². The van der Waals surface area contributed by atoms with E-state index in [1.807, 2.05) is 30.3 Å². The summed E-state index contributed by atoms with van der Waals surface area (Å²) in [4.78, 5) is 8.74. The lowest BCUT2D eigenvalue weighted by Gasteiger charge is -2.27. The van der Waals surface area contributed by atoms with Gasteiger partial charge in [-0.15, -0.1) is 0 Å². The summed E-state index contributed by atoms with van der Waals surface area (Å²) in [6, 6.07) is 9.72. The number of rotatable bonds is 7. The molecular formula is C20H24N4O3. The van der Waals surface area contributed by atoms with E-state index in [1.54, 1.807) is 27.3 Å². The van der Waals surface area contributed by atoms with Gasteiger partial charge in [0.25, 0.3) is 5.89 Å². The maximum Gasteiger partial charge on any atom is 0.261 e. The van der Waals surface area contributed by atoms with Crippen molar-refractivity contribution in [2.45, 2.75) is 26.2 Å². The van der Waals surface area contributed by atoms with Crippen LogP contribution in [0.2, 0.25) is 0 Å². The zero-order valence-electron chi connectivity index (χ0n) is 16.2. The molecule has 0 unspecified atom stereocenters. The Morgan fingerprint density at radius 2 is 1.89 bits per heavy atom. The van der Waals surface area contributed by atoms with Crippen LogP contribution < -0.4 is 14.8 Å². The maximum atomic E-state index is 5.43. The van der Waals surface area contributed by atoms with Crippen molar-refractivity contribution >= 4 is 5.82 Å². The van der Waals surface area contributed by atoms with Crippen molar-refractivity contribution in [3.05, 3.63) is 47.9 Å². The molecule has 0 aliphatic heterocycles. The lowest BCUT2D eigenvalue weighted by Crippen LogP contribution is -2.28. The molecule has 0 fully saturated rings. The van der Waals surface area contributed by atoms with Gasteiger partial charge in [0.2, 0.25) is 0 Å². The van der Waals surface area contributed by atoms with E-state index < -0.39 is 0 Å². The van der Waals surface area contributed by atoms with E-state index in [2.05, 4.69) is 34.3 Å². The molecule has 2 heterocycles. The molecule has 142 valence electrons. The van der Waals surface area contributed by atoms with E-state index in [-0.39, 0.29) is 5.41 Å². The summed E-state index contributed by atoms with van der Waals surface area (Å²) < 4.78 is 16.0. The minimum Gasteiger partial charge on any atom is -0.493 e. The normalized spacial score (nSPS) is 11.3. The number of hydrogen-bond acceptors (Lipinski definition) is 7. The van der Waals surface area contributed by atoms with Crippen LogP contribution in [0.15, 0.2) is 41.1 Å². The molecule has 0 aliphatic rings. The molecule has 7 heteroatoms. The van der Waals surface area contributed by atoms with E-state index in [1.165, 1.54) is 0 Å². The highest BCUT2D eigenvalue weighted by Gasteiger charge is 2.23. The summed E-state index contributed by atoms with van der Waals surface area (Å²) in [5.74, 6) is 3.17. The standard InChI is InChI=1S/C20H24N4O3/c1-13-23-19(27-24-13)15-7-6-10-21-18(15)22-12-20(2,3)14-8-9-16(25-4)17(11-14)26-5/h6-11H,12H2,1-5H3,(H,21,22). The average molecular weight is 368 g/mol. The number of nitrogens with zero attached hydrogens (tertiary/aromatic N) is 3. The lowest BCUT2D eigenvalue weighted by molar-refractivity contribution is 0.353.